The summed E-state index contributed by atoms with van der Waals surface area (Å²) in [6.45, 7) is 2.74. The first-order valence-corrected chi connectivity index (χ1v) is 11.8. The van der Waals surface area contributed by atoms with Gasteiger partial charge in [0, 0.05) is 49.7 Å². The van der Waals surface area contributed by atoms with Gasteiger partial charge in [0.2, 0.25) is 5.91 Å². The van der Waals surface area contributed by atoms with E-state index in [2.05, 4.69) is 26.2 Å². The van der Waals surface area contributed by atoms with Crippen LogP contribution in [0.25, 0.3) is 27.8 Å². The van der Waals surface area contributed by atoms with Crippen LogP contribution < -0.4 is 11.1 Å². The van der Waals surface area contributed by atoms with Crippen LogP contribution in [0.1, 0.15) is 30.1 Å². The Kier molecular flexibility index (Phi) is 6.15. The van der Waals surface area contributed by atoms with Gasteiger partial charge >= 0.3 is 0 Å². The summed E-state index contributed by atoms with van der Waals surface area (Å²) in [6.07, 6.45) is 10.4. The molecule has 0 radical (unpaired) electrons. The molecule has 5 rings (SSSR count). The van der Waals surface area contributed by atoms with E-state index >= 15 is 0 Å². The maximum absolute atomic E-state index is 11.9. The van der Waals surface area contributed by atoms with Crippen LogP contribution in [0, 0.1) is 12.3 Å². The largest absolute Gasteiger partial charge is 0.394 e. The highest BCUT2D eigenvalue weighted by Gasteiger charge is 2.26. The second-order valence-corrected chi connectivity index (χ2v) is 8.95. The second kappa shape index (κ2) is 9.42. The number of nitrogens with one attached hydrogen (secondary N) is 2. The maximum atomic E-state index is 11.9. The molecular weight excluding hydrogens is 458 g/mol. The average molecular weight is 488 g/mol. The summed E-state index contributed by atoms with van der Waals surface area (Å²) in [6, 6.07) is 3.88. The molecule has 11 nitrogen and oxygen atoms in total. The van der Waals surface area contributed by atoms with Crippen LogP contribution in [0.4, 0.5) is 5.82 Å². The molecule has 4 aromatic rings. The molecule has 0 spiro atoms. The van der Waals surface area contributed by atoms with Crippen molar-refractivity contribution in [1.82, 2.24) is 34.4 Å². The minimum Gasteiger partial charge on any atom is -0.394 e. The van der Waals surface area contributed by atoms with E-state index in [1.54, 1.807) is 47.2 Å². The Morgan fingerprint density at radius 2 is 2.06 bits per heavy atom. The molecule has 1 amide bonds. The molecule has 0 aromatic carbocycles. The van der Waals surface area contributed by atoms with Gasteiger partial charge in [-0.3, -0.25) is 15.2 Å². The van der Waals surface area contributed by atoms with Gasteiger partial charge in [-0.1, -0.05) is 6.07 Å². The topological polar surface area (TPSA) is 150 Å². The highest BCUT2D eigenvalue weighted by Crippen LogP contribution is 2.34. The van der Waals surface area contributed by atoms with Gasteiger partial charge in [-0.15, -0.1) is 0 Å². The minimum atomic E-state index is -0.458. The number of carbonyl (C=O) groups is 1. The van der Waals surface area contributed by atoms with Crippen LogP contribution >= 0.6 is 0 Å². The number of carbonyl (C=O) groups excluding carboxylic acids is 1. The number of aliphatic hydroxyl groups excluding tert-OH is 1. The summed E-state index contributed by atoms with van der Waals surface area (Å²) in [5.74, 6) is 0.289. The van der Waals surface area contributed by atoms with Crippen LogP contribution in [-0.4, -0.2) is 72.5 Å². The molecule has 1 saturated heterocycles. The standard InChI is InChI=1S/C25H29N9O2/c1-15-13-33(17-6-9-32(10-7-17)21(36)14-35)25-22(15)23(27)34-24(31-25)18(12-30-34)16-3-4-20(29-11-16)19(26)5-8-28-2/h3-5,8,11-13,17,26,28,35H,6-7,9-10,14,27H2,1-2H3/b8-5-,26-19?. The van der Waals surface area contributed by atoms with Crippen molar-refractivity contribution in [3.63, 3.8) is 0 Å². The van der Waals surface area contributed by atoms with E-state index in [9.17, 15) is 9.90 Å². The van der Waals surface area contributed by atoms with Crippen LogP contribution in [0.3, 0.4) is 0 Å². The Balaban J connectivity index is 1.53. The molecule has 5 N–H and O–H groups in total. The van der Waals surface area contributed by atoms with E-state index in [1.807, 2.05) is 13.0 Å². The van der Waals surface area contributed by atoms with Gasteiger partial charge < -0.3 is 25.6 Å². The first-order valence-electron chi connectivity index (χ1n) is 11.8. The molecule has 186 valence electrons. The molecule has 1 fully saturated rings. The zero-order chi connectivity index (χ0) is 25.4. The molecule has 0 atom stereocenters. The lowest BCUT2D eigenvalue weighted by Gasteiger charge is -2.32. The third-order valence-electron chi connectivity index (χ3n) is 6.75. The quantitative estimate of drug-likeness (QED) is 0.303. The smallest absolute Gasteiger partial charge is 0.248 e. The number of rotatable bonds is 6. The predicted octanol–water partition coefficient (Wildman–Crippen LogP) is 1.89. The number of pyridine rings is 1. The van der Waals surface area contributed by atoms with E-state index in [0.29, 0.717) is 36.0 Å². The van der Waals surface area contributed by atoms with Crippen LogP contribution in [0.2, 0.25) is 0 Å². The SMILES string of the molecule is CN/C=C\C(=N)c1ccc(-c2cnn3c(N)c4c(C)cn(C5CCN(C(=O)CO)CC5)c4nc23)cn1. The number of hydrogen-bond donors (Lipinski definition) is 4. The number of anilines is 1. The van der Waals surface area contributed by atoms with Gasteiger partial charge in [-0.05, 0) is 43.7 Å². The predicted molar refractivity (Wildman–Crippen MR) is 138 cm³/mol. The zero-order valence-corrected chi connectivity index (χ0v) is 20.3. The molecule has 36 heavy (non-hydrogen) atoms. The molecule has 1 aliphatic rings. The number of fused-ring (bicyclic) bond motifs is 2. The average Bonchev–Trinajstić information content (AvgIpc) is 3.48. The number of aliphatic hydroxyl groups is 1. The fourth-order valence-corrected chi connectivity index (χ4v) is 4.84. The van der Waals surface area contributed by atoms with Crippen molar-refractivity contribution >= 4 is 34.1 Å². The van der Waals surface area contributed by atoms with E-state index in [0.717, 1.165) is 40.6 Å². The zero-order valence-electron chi connectivity index (χ0n) is 20.3. The lowest BCUT2D eigenvalue weighted by Crippen LogP contribution is -2.40. The van der Waals surface area contributed by atoms with Crippen molar-refractivity contribution in [1.29, 1.82) is 5.41 Å². The summed E-state index contributed by atoms with van der Waals surface area (Å²) < 4.78 is 3.82. The number of likely N-dealkylation sites (tertiary alicyclic amines) is 1. The number of aryl methyl sites for hydroxylation is 1. The maximum Gasteiger partial charge on any atom is 0.248 e. The Hall–Kier alpha value is -4.25. The Bertz CT molecular complexity index is 1480. The number of amides is 1. The molecule has 0 saturated carbocycles. The van der Waals surface area contributed by atoms with Gasteiger partial charge in [0.15, 0.2) is 5.65 Å². The Labute approximate surface area is 207 Å². The molecular formula is C25H29N9O2. The van der Waals surface area contributed by atoms with Crippen molar-refractivity contribution < 1.29 is 9.90 Å². The van der Waals surface area contributed by atoms with Crippen molar-refractivity contribution in [2.24, 2.45) is 0 Å². The molecule has 5 heterocycles. The second-order valence-electron chi connectivity index (χ2n) is 8.95. The van der Waals surface area contributed by atoms with Gasteiger partial charge in [-0.25, -0.2) is 4.98 Å². The lowest BCUT2D eigenvalue weighted by molar-refractivity contribution is -0.135. The Morgan fingerprint density at radius 1 is 1.28 bits per heavy atom. The molecule has 11 heteroatoms. The number of nitrogens with two attached hydrogens (primary N) is 1. The van der Waals surface area contributed by atoms with Crippen molar-refractivity contribution in [2.75, 3.05) is 32.5 Å². The normalized spacial score (nSPS) is 14.8. The fraction of sp³-hybridized carbons (Fsp3) is 0.320. The van der Waals surface area contributed by atoms with Crippen LogP contribution in [0.5, 0.6) is 0 Å². The van der Waals surface area contributed by atoms with E-state index < -0.39 is 6.61 Å². The van der Waals surface area contributed by atoms with Gasteiger partial charge in [-0.2, -0.15) is 9.61 Å². The van der Waals surface area contributed by atoms with Gasteiger partial charge in [0.25, 0.3) is 0 Å². The molecule has 0 unspecified atom stereocenters. The highest BCUT2D eigenvalue weighted by molar-refractivity contribution is 6.05. The fourth-order valence-electron chi connectivity index (χ4n) is 4.84. The summed E-state index contributed by atoms with van der Waals surface area (Å²) in [4.78, 5) is 23.0. The first-order chi connectivity index (χ1) is 17.4. The third kappa shape index (κ3) is 3.97. The molecule has 4 aromatic heterocycles. The van der Waals surface area contributed by atoms with E-state index in [4.69, 9.17) is 16.1 Å². The van der Waals surface area contributed by atoms with Gasteiger partial charge in [0.05, 0.1) is 23.0 Å². The lowest BCUT2D eigenvalue weighted by atomic mass is 10.0. The summed E-state index contributed by atoms with van der Waals surface area (Å²) in [5, 5.41) is 25.5. The monoisotopic (exact) mass is 487 g/mol. The summed E-state index contributed by atoms with van der Waals surface area (Å²) in [7, 11) is 1.78. The Morgan fingerprint density at radius 3 is 2.72 bits per heavy atom. The number of piperidine rings is 1. The number of nitrogen functional groups attached to an aromatic ring is 1. The van der Waals surface area contributed by atoms with Crippen LogP contribution in [0.15, 0.2) is 43.0 Å². The first kappa shape index (κ1) is 23.5. The van der Waals surface area contributed by atoms with Gasteiger partial charge in [0.1, 0.15) is 18.1 Å². The number of hydrogen-bond acceptors (Lipinski definition) is 8. The number of aromatic nitrogens is 5. The van der Waals surface area contributed by atoms with Crippen molar-refractivity contribution in [3.05, 3.63) is 54.3 Å². The summed E-state index contributed by atoms with van der Waals surface area (Å²) in [5.41, 5.74) is 11.5. The van der Waals surface area contributed by atoms with Crippen molar-refractivity contribution in [2.45, 2.75) is 25.8 Å². The molecule has 0 aliphatic carbocycles. The summed E-state index contributed by atoms with van der Waals surface area (Å²) >= 11 is 0. The third-order valence-corrected chi connectivity index (χ3v) is 6.75. The number of nitrogens with zero attached hydrogens (tertiary/aromatic N) is 6. The van der Waals surface area contributed by atoms with E-state index in [1.165, 1.54) is 0 Å². The van der Waals surface area contributed by atoms with Crippen molar-refractivity contribution in [3.8, 4) is 11.1 Å². The van der Waals surface area contributed by atoms with Crippen LogP contribution in [-0.2, 0) is 4.79 Å². The highest BCUT2D eigenvalue weighted by atomic mass is 16.3. The minimum absolute atomic E-state index is 0.169. The number of allylic oxidation sites excluding steroid dienone is 1. The molecule has 1 aliphatic heterocycles. The molecule has 0 bridgehead atoms. The van der Waals surface area contributed by atoms with E-state index in [-0.39, 0.29) is 11.9 Å².